The Morgan fingerprint density at radius 2 is 2.08 bits per heavy atom. The fourth-order valence-corrected chi connectivity index (χ4v) is 3.45. The third kappa shape index (κ3) is 3.57. The van der Waals surface area contributed by atoms with Gasteiger partial charge in [0, 0.05) is 37.5 Å². The first kappa shape index (κ1) is 17.2. The molecule has 2 aromatic rings. The highest BCUT2D eigenvalue weighted by molar-refractivity contribution is 5.89. The molecule has 0 radical (unpaired) electrons. The summed E-state index contributed by atoms with van der Waals surface area (Å²) in [5.41, 5.74) is 4.25. The molecular formula is C19H23N3O3. The number of aromatic amines is 1. The smallest absolute Gasteiger partial charge is 0.335 e. The van der Waals surface area contributed by atoms with Crippen molar-refractivity contribution in [3.63, 3.8) is 0 Å². The molecule has 3 rings (SSSR count). The molecule has 6 heteroatoms. The molecule has 132 valence electrons. The third-order valence-corrected chi connectivity index (χ3v) is 5.10. The van der Waals surface area contributed by atoms with Crippen molar-refractivity contribution in [3.8, 4) is 0 Å². The van der Waals surface area contributed by atoms with Gasteiger partial charge in [0.2, 0.25) is 5.91 Å². The highest BCUT2D eigenvalue weighted by atomic mass is 16.4. The normalized spacial score (nSPS) is 17.0. The van der Waals surface area contributed by atoms with Crippen molar-refractivity contribution in [2.24, 2.45) is 0 Å². The van der Waals surface area contributed by atoms with E-state index in [4.69, 9.17) is 0 Å². The number of carboxylic acids is 1. The van der Waals surface area contributed by atoms with Gasteiger partial charge >= 0.3 is 5.97 Å². The molecule has 1 aliphatic heterocycles. The number of aromatic nitrogens is 2. The van der Waals surface area contributed by atoms with Gasteiger partial charge in [-0.2, -0.15) is 5.10 Å². The highest BCUT2D eigenvalue weighted by Gasteiger charge is 2.29. The van der Waals surface area contributed by atoms with Crippen molar-refractivity contribution < 1.29 is 14.7 Å². The zero-order valence-electron chi connectivity index (χ0n) is 14.6. The number of carbonyl (C=O) groups excluding carboxylic acids is 1. The van der Waals surface area contributed by atoms with E-state index < -0.39 is 5.97 Å². The van der Waals surface area contributed by atoms with Gasteiger partial charge in [-0.15, -0.1) is 0 Å². The van der Waals surface area contributed by atoms with Gasteiger partial charge in [0.15, 0.2) is 0 Å². The highest BCUT2D eigenvalue weighted by Crippen LogP contribution is 2.30. The van der Waals surface area contributed by atoms with E-state index in [9.17, 15) is 14.7 Å². The number of rotatable bonds is 5. The number of H-pyrrole nitrogens is 1. The van der Waals surface area contributed by atoms with Gasteiger partial charge in [-0.05, 0) is 37.5 Å². The van der Waals surface area contributed by atoms with E-state index in [-0.39, 0.29) is 11.8 Å². The van der Waals surface area contributed by atoms with Crippen LogP contribution in [0.2, 0.25) is 0 Å². The zero-order chi connectivity index (χ0) is 18.0. The predicted molar refractivity (Wildman–Crippen MR) is 93.7 cm³/mol. The zero-order valence-corrected chi connectivity index (χ0v) is 14.6. The first-order valence-electron chi connectivity index (χ1n) is 8.57. The Morgan fingerprint density at radius 1 is 1.32 bits per heavy atom. The maximum absolute atomic E-state index is 12.5. The number of nitrogens with zero attached hydrogens (tertiary/aromatic N) is 2. The fourth-order valence-electron chi connectivity index (χ4n) is 3.45. The molecule has 0 aliphatic carbocycles. The summed E-state index contributed by atoms with van der Waals surface area (Å²) in [6.07, 6.45) is 1.86. The standard InChI is InChI=1S/C19H23N3O3/c1-12-13(2)20-21-17(12)7-8-18(23)22-10-9-14(11-22)15-5-3-4-6-16(15)19(24)25/h3-6,14H,7-11H2,1-2H3,(H,20,21)(H,24,25). The number of amides is 1. The number of benzene rings is 1. The molecule has 2 heterocycles. The van der Waals surface area contributed by atoms with Crippen LogP contribution in [0.3, 0.4) is 0 Å². The largest absolute Gasteiger partial charge is 0.478 e. The lowest BCUT2D eigenvalue weighted by Crippen LogP contribution is -2.28. The summed E-state index contributed by atoms with van der Waals surface area (Å²) in [6.45, 7) is 5.24. The monoisotopic (exact) mass is 341 g/mol. The molecule has 1 aromatic heterocycles. The number of hydrogen-bond acceptors (Lipinski definition) is 3. The molecule has 6 nitrogen and oxygen atoms in total. The third-order valence-electron chi connectivity index (χ3n) is 5.10. The van der Waals surface area contributed by atoms with E-state index in [0.29, 0.717) is 31.5 Å². The van der Waals surface area contributed by atoms with Gasteiger partial charge in [0.05, 0.1) is 11.3 Å². The molecule has 1 fully saturated rings. The van der Waals surface area contributed by atoms with Crippen LogP contribution in [0.1, 0.15) is 51.6 Å². The van der Waals surface area contributed by atoms with Crippen molar-refractivity contribution in [1.82, 2.24) is 15.1 Å². The van der Waals surface area contributed by atoms with E-state index in [1.807, 2.05) is 30.9 Å². The fraction of sp³-hybridized carbons (Fsp3) is 0.421. The van der Waals surface area contributed by atoms with E-state index in [1.54, 1.807) is 12.1 Å². The lowest BCUT2D eigenvalue weighted by Gasteiger charge is -2.17. The van der Waals surface area contributed by atoms with Gasteiger partial charge in [0.25, 0.3) is 0 Å². The maximum Gasteiger partial charge on any atom is 0.335 e. The van der Waals surface area contributed by atoms with Crippen LogP contribution < -0.4 is 0 Å². The van der Waals surface area contributed by atoms with Crippen LogP contribution >= 0.6 is 0 Å². The minimum Gasteiger partial charge on any atom is -0.478 e. The van der Waals surface area contributed by atoms with Gasteiger partial charge in [0.1, 0.15) is 0 Å². The number of aromatic carboxylic acids is 1. The lowest BCUT2D eigenvalue weighted by atomic mass is 9.93. The van der Waals surface area contributed by atoms with Crippen LogP contribution in [-0.2, 0) is 11.2 Å². The van der Waals surface area contributed by atoms with Crippen LogP contribution in [-0.4, -0.2) is 45.2 Å². The summed E-state index contributed by atoms with van der Waals surface area (Å²) in [7, 11) is 0. The van der Waals surface area contributed by atoms with E-state index in [1.165, 1.54) is 0 Å². The van der Waals surface area contributed by atoms with Crippen LogP contribution in [0.25, 0.3) is 0 Å². The summed E-state index contributed by atoms with van der Waals surface area (Å²) < 4.78 is 0. The summed E-state index contributed by atoms with van der Waals surface area (Å²) in [4.78, 5) is 25.7. The summed E-state index contributed by atoms with van der Waals surface area (Å²) >= 11 is 0. The summed E-state index contributed by atoms with van der Waals surface area (Å²) in [6, 6.07) is 7.08. The number of nitrogens with one attached hydrogen (secondary N) is 1. The van der Waals surface area contributed by atoms with Crippen molar-refractivity contribution in [3.05, 3.63) is 52.3 Å². The van der Waals surface area contributed by atoms with Crippen molar-refractivity contribution in [1.29, 1.82) is 0 Å². The SMILES string of the molecule is Cc1[nH]nc(CCC(=O)N2CCC(c3ccccc3C(=O)O)C2)c1C. The predicted octanol–water partition coefficient (Wildman–Crippen LogP) is 2.67. The number of hydrogen-bond donors (Lipinski definition) is 2. The molecule has 0 spiro atoms. The second-order valence-electron chi connectivity index (χ2n) is 6.64. The number of likely N-dealkylation sites (tertiary alicyclic amines) is 1. The Kier molecular flexibility index (Phi) is 4.88. The Bertz CT molecular complexity index is 797. The molecule has 1 aliphatic rings. The number of carboxylic acid groups (broad SMARTS) is 1. The Hall–Kier alpha value is -2.63. The molecule has 1 saturated heterocycles. The van der Waals surface area contributed by atoms with Crippen molar-refractivity contribution in [2.45, 2.75) is 39.0 Å². The van der Waals surface area contributed by atoms with Crippen LogP contribution in [0, 0.1) is 13.8 Å². The Balaban J connectivity index is 1.62. The van der Waals surface area contributed by atoms with Gasteiger partial charge in [-0.1, -0.05) is 18.2 Å². The average molecular weight is 341 g/mol. The number of aryl methyl sites for hydroxylation is 2. The quantitative estimate of drug-likeness (QED) is 0.875. The van der Waals surface area contributed by atoms with Gasteiger partial charge in [-0.3, -0.25) is 9.89 Å². The second-order valence-corrected chi connectivity index (χ2v) is 6.64. The molecule has 1 aromatic carbocycles. The topological polar surface area (TPSA) is 86.3 Å². The van der Waals surface area contributed by atoms with Crippen LogP contribution in [0.4, 0.5) is 0 Å². The molecular weight excluding hydrogens is 318 g/mol. The first-order valence-corrected chi connectivity index (χ1v) is 8.57. The second kappa shape index (κ2) is 7.09. The number of carbonyl (C=O) groups is 2. The average Bonchev–Trinajstić information content (AvgIpc) is 3.21. The van der Waals surface area contributed by atoms with E-state index in [2.05, 4.69) is 10.2 Å². The molecule has 0 saturated carbocycles. The molecule has 0 bridgehead atoms. The minimum atomic E-state index is -0.912. The van der Waals surface area contributed by atoms with Crippen LogP contribution in [0.15, 0.2) is 24.3 Å². The minimum absolute atomic E-state index is 0.0885. The van der Waals surface area contributed by atoms with Gasteiger partial charge < -0.3 is 10.0 Å². The summed E-state index contributed by atoms with van der Waals surface area (Å²) in [5.74, 6) is -0.717. The maximum atomic E-state index is 12.5. The Labute approximate surface area is 146 Å². The molecule has 25 heavy (non-hydrogen) atoms. The first-order chi connectivity index (χ1) is 12.0. The van der Waals surface area contributed by atoms with Crippen LogP contribution in [0.5, 0.6) is 0 Å². The molecule has 2 N–H and O–H groups in total. The van der Waals surface area contributed by atoms with Crippen molar-refractivity contribution >= 4 is 11.9 Å². The molecule has 1 amide bonds. The molecule has 1 atom stereocenters. The Morgan fingerprint density at radius 3 is 2.76 bits per heavy atom. The molecule has 1 unspecified atom stereocenters. The van der Waals surface area contributed by atoms with Gasteiger partial charge in [-0.25, -0.2) is 4.79 Å². The summed E-state index contributed by atoms with van der Waals surface area (Å²) in [5, 5.41) is 16.5. The van der Waals surface area contributed by atoms with E-state index >= 15 is 0 Å². The van der Waals surface area contributed by atoms with Crippen molar-refractivity contribution in [2.75, 3.05) is 13.1 Å². The van der Waals surface area contributed by atoms with E-state index in [0.717, 1.165) is 28.9 Å². The lowest BCUT2D eigenvalue weighted by molar-refractivity contribution is -0.130.